The number of nitrogens with zero attached hydrogens (tertiary/aromatic N) is 2. The van der Waals surface area contributed by atoms with Crippen molar-refractivity contribution < 1.29 is 4.39 Å². The minimum absolute atomic E-state index is 0.235. The molecule has 0 radical (unpaired) electrons. The van der Waals surface area contributed by atoms with Crippen LogP contribution in [-0.2, 0) is 12.8 Å². The van der Waals surface area contributed by atoms with E-state index >= 15 is 0 Å². The van der Waals surface area contributed by atoms with Gasteiger partial charge in [0.1, 0.15) is 17.3 Å². The van der Waals surface area contributed by atoms with E-state index in [4.69, 9.17) is 17.3 Å². The monoisotopic (exact) mass is 294 g/mol. The first-order valence-electron chi connectivity index (χ1n) is 6.40. The minimum Gasteiger partial charge on any atom is -0.393 e. The molecular formula is C14H16ClFN4. The summed E-state index contributed by atoms with van der Waals surface area (Å²) in [4.78, 5) is 8.38. The number of aryl methyl sites for hydroxylation is 1. The first kappa shape index (κ1) is 14.5. The zero-order chi connectivity index (χ0) is 14.5. The molecule has 1 aromatic heterocycles. The Morgan fingerprint density at radius 3 is 2.60 bits per heavy atom. The molecule has 2 rings (SSSR count). The number of nitrogens with one attached hydrogen (secondary N) is 1. The predicted molar refractivity (Wildman–Crippen MR) is 79.4 cm³/mol. The molecule has 4 nitrogen and oxygen atoms in total. The van der Waals surface area contributed by atoms with E-state index < -0.39 is 0 Å². The number of hydrogen-bond acceptors (Lipinski definition) is 4. The van der Waals surface area contributed by atoms with Crippen molar-refractivity contribution in [1.29, 1.82) is 0 Å². The fourth-order valence-corrected chi connectivity index (χ4v) is 1.94. The second-order valence-electron chi connectivity index (χ2n) is 4.35. The number of benzene rings is 1. The van der Waals surface area contributed by atoms with Gasteiger partial charge in [-0.2, -0.15) is 0 Å². The average Bonchev–Trinajstić information content (AvgIpc) is 2.45. The zero-order valence-electron chi connectivity index (χ0n) is 11.2. The average molecular weight is 295 g/mol. The maximum absolute atomic E-state index is 12.8. The van der Waals surface area contributed by atoms with Crippen molar-refractivity contribution in [3.63, 3.8) is 0 Å². The van der Waals surface area contributed by atoms with Gasteiger partial charge < -0.3 is 11.1 Å². The van der Waals surface area contributed by atoms with Crippen LogP contribution in [0.25, 0.3) is 0 Å². The Morgan fingerprint density at radius 2 is 1.95 bits per heavy atom. The largest absolute Gasteiger partial charge is 0.393 e. The maximum atomic E-state index is 12.8. The summed E-state index contributed by atoms with van der Waals surface area (Å²) in [6.07, 6.45) is 1.43. The summed E-state index contributed by atoms with van der Waals surface area (Å²) in [6, 6.07) is 6.40. The highest BCUT2D eigenvalue weighted by Gasteiger charge is 2.08. The van der Waals surface area contributed by atoms with Crippen LogP contribution in [0.15, 0.2) is 24.3 Å². The van der Waals surface area contributed by atoms with Gasteiger partial charge in [-0.1, -0.05) is 30.7 Å². The van der Waals surface area contributed by atoms with E-state index in [0.717, 1.165) is 12.0 Å². The maximum Gasteiger partial charge on any atom is 0.157 e. The lowest BCUT2D eigenvalue weighted by molar-refractivity contribution is 0.627. The highest BCUT2D eigenvalue weighted by Crippen LogP contribution is 2.23. The molecule has 2 aromatic rings. The lowest BCUT2D eigenvalue weighted by atomic mass is 10.1. The topological polar surface area (TPSA) is 63.8 Å². The molecule has 20 heavy (non-hydrogen) atoms. The molecule has 0 aliphatic heterocycles. The van der Waals surface area contributed by atoms with Crippen LogP contribution in [-0.4, -0.2) is 16.5 Å². The molecule has 0 atom stereocenters. The van der Waals surface area contributed by atoms with Gasteiger partial charge in [-0.3, -0.25) is 0 Å². The Kier molecular flexibility index (Phi) is 4.74. The van der Waals surface area contributed by atoms with Crippen LogP contribution in [0.4, 0.5) is 15.9 Å². The molecular weight excluding hydrogens is 279 g/mol. The van der Waals surface area contributed by atoms with Crippen molar-refractivity contribution in [3.8, 4) is 0 Å². The zero-order valence-corrected chi connectivity index (χ0v) is 11.9. The summed E-state index contributed by atoms with van der Waals surface area (Å²) in [5.41, 5.74) is 7.22. The molecule has 0 aliphatic carbocycles. The van der Waals surface area contributed by atoms with Gasteiger partial charge in [0.25, 0.3) is 0 Å². The van der Waals surface area contributed by atoms with Gasteiger partial charge in [0.15, 0.2) is 11.0 Å². The van der Waals surface area contributed by atoms with E-state index in [1.807, 2.05) is 6.92 Å². The lowest BCUT2D eigenvalue weighted by Gasteiger charge is -2.10. The SMILES string of the molecule is CCc1nc(Cl)c(N)c(NCCc2ccc(F)cc2)n1. The Hall–Kier alpha value is -1.88. The molecule has 106 valence electrons. The number of nitrogen functional groups attached to an aromatic ring is 1. The van der Waals surface area contributed by atoms with Gasteiger partial charge in [0.05, 0.1) is 0 Å². The number of hydrogen-bond donors (Lipinski definition) is 2. The molecule has 0 aliphatic rings. The van der Waals surface area contributed by atoms with Crippen LogP contribution in [0.1, 0.15) is 18.3 Å². The highest BCUT2D eigenvalue weighted by molar-refractivity contribution is 6.32. The van der Waals surface area contributed by atoms with Gasteiger partial charge in [0.2, 0.25) is 0 Å². The molecule has 0 amide bonds. The minimum atomic E-state index is -0.235. The van der Waals surface area contributed by atoms with Gasteiger partial charge in [-0.05, 0) is 24.1 Å². The van der Waals surface area contributed by atoms with Crippen LogP contribution in [0.2, 0.25) is 5.15 Å². The number of rotatable bonds is 5. The fourth-order valence-electron chi connectivity index (χ4n) is 1.75. The normalized spacial score (nSPS) is 10.6. The van der Waals surface area contributed by atoms with Crippen LogP contribution in [0.3, 0.4) is 0 Å². The van der Waals surface area contributed by atoms with Crippen LogP contribution >= 0.6 is 11.6 Å². The summed E-state index contributed by atoms with van der Waals surface area (Å²) in [5, 5.41) is 3.40. The van der Waals surface area contributed by atoms with Crippen LogP contribution in [0, 0.1) is 5.82 Å². The molecule has 6 heteroatoms. The van der Waals surface area contributed by atoms with Gasteiger partial charge >= 0.3 is 0 Å². The Balaban J connectivity index is 2.00. The van der Waals surface area contributed by atoms with Crippen molar-refractivity contribution in [2.45, 2.75) is 19.8 Å². The van der Waals surface area contributed by atoms with E-state index in [2.05, 4.69) is 15.3 Å². The first-order valence-corrected chi connectivity index (χ1v) is 6.78. The molecule has 3 N–H and O–H groups in total. The molecule has 0 spiro atoms. The Morgan fingerprint density at radius 1 is 1.25 bits per heavy atom. The number of nitrogens with two attached hydrogens (primary N) is 1. The van der Waals surface area contributed by atoms with Crippen LogP contribution < -0.4 is 11.1 Å². The molecule has 0 unspecified atom stereocenters. The van der Waals surface area contributed by atoms with Gasteiger partial charge in [-0.15, -0.1) is 0 Å². The Bertz CT molecular complexity index is 586. The molecule has 0 fully saturated rings. The third-order valence-corrected chi connectivity index (χ3v) is 3.17. The van der Waals surface area contributed by atoms with Crippen molar-refractivity contribution in [1.82, 2.24) is 9.97 Å². The molecule has 1 aromatic carbocycles. The second-order valence-corrected chi connectivity index (χ2v) is 4.71. The van der Waals surface area contributed by atoms with E-state index in [9.17, 15) is 4.39 Å². The third kappa shape index (κ3) is 3.57. The van der Waals surface area contributed by atoms with Gasteiger partial charge in [-0.25, -0.2) is 14.4 Å². The van der Waals surface area contributed by atoms with Crippen molar-refractivity contribution >= 4 is 23.1 Å². The molecule has 1 heterocycles. The van der Waals surface area contributed by atoms with E-state index in [-0.39, 0.29) is 11.0 Å². The second kappa shape index (κ2) is 6.52. The van der Waals surface area contributed by atoms with Gasteiger partial charge in [0, 0.05) is 13.0 Å². The van der Waals surface area contributed by atoms with Crippen molar-refractivity contribution in [2.75, 3.05) is 17.6 Å². The smallest absolute Gasteiger partial charge is 0.157 e. The number of halogens is 2. The summed E-state index contributed by atoms with van der Waals surface area (Å²) in [6.45, 7) is 2.58. The highest BCUT2D eigenvalue weighted by atomic mass is 35.5. The quantitative estimate of drug-likeness (QED) is 0.832. The van der Waals surface area contributed by atoms with E-state index in [1.165, 1.54) is 12.1 Å². The fraction of sp³-hybridized carbons (Fsp3) is 0.286. The van der Waals surface area contributed by atoms with Crippen molar-refractivity contribution in [2.24, 2.45) is 0 Å². The third-order valence-electron chi connectivity index (χ3n) is 2.88. The Labute approximate surface area is 122 Å². The predicted octanol–water partition coefficient (Wildman–Crippen LogP) is 3.07. The summed E-state index contributed by atoms with van der Waals surface area (Å²) in [7, 11) is 0. The lowest BCUT2D eigenvalue weighted by Crippen LogP contribution is -2.11. The molecule has 0 saturated carbocycles. The molecule has 0 saturated heterocycles. The summed E-state index contributed by atoms with van der Waals surface area (Å²) in [5.74, 6) is 0.957. The number of anilines is 2. The first-order chi connectivity index (χ1) is 9.60. The van der Waals surface area contributed by atoms with Crippen molar-refractivity contribution in [3.05, 3.63) is 46.6 Å². The molecule has 0 bridgehead atoms. The van der Waals surface area contributed by atoms with Crippen LogP contribution in [0.5, 0.6) is 0 Å². The summed E-state index contributed by atoms with van der Waals surface area (Å²) >= 11 is 5.95. The summed E-state index contributed by atoms with van der Waals surface area (Å²) < 4.78 is 12.8. The van der Waals surface area contributed by atoms with E-state index in [0.29, 0.717) is 30.3 Å². The van der Waals surface area contributed by atoms with E-state index in [1.54, 1.807) is 12.1 Å². The standard InChI is InChI=1S/C14H16ClFN4/c1-2-11-19-13(15)12(17)14(20-11)18-8-7-9-3-5-10(16)6-4-9/h3-6H,2,7-8,17H2,1H3,(H,18,19,20). The number of aromatic nitrogens is 2.